The highest BCUT2D eigenvalue weighted by atomic mass is 16.2. The molecule has 25 heavy (non-hydrogen) atoms. The molecule has 0 aliphatic carbocycles. The topological polar surface area (TPSA) is 51.2 Å². The van der Waals surface area contributed by atoms with Crippen LogP contribution in [0.5, 0.6) is 0 Å². The Hall–Kier alpha value is -1.30. The number of aliphatic imine (C=N–C) groups is 1. The second-order valence-electron chi connectivity index (χ2n) is 6.82. The second-order valence-corrected chi connectivity index (χ2v) is 6.82. The monoisotopic (exact) mass is 353 g/mol. The highest BCUT2D eigenvalue weighted by Gasteiger charge is 2.18. The molecular formula is C19H39N5O. The van der Waals surface area contributed by atoms with Crippen molar-refractivity contribution in [3.8, 4) is 0 Å². The molecule has 1 heterocycles. The number of piperidine rings is 1. The van der Waals surface area contributed by atoms with Crippen molar-refractivity contribution in [2.75, 3.05) is 59.4 Å². The van der Waals surface area contributed by atoms with Gasteiger partial charge in [-0.2, -0.15) is 0 Å². The zero-order chi connectivity index (χ0) is 18.7. The largest absolute Gasteiger partial charge is 0.357 e. The van der Waals surface area contributed by atoms with E-state index in [2.05, 4.69) is 24.1 Å². The molecule has 1 amide bonds. The SMILES string of the molecule is CCNC(=NCCC1CCN(CC)CC1)N(C)CC(=O)N(CC)CC. The fourth-order valence-electron chi connectivity index (χ4n) is 3.37. The van der Waals surface area contributed by atoms with Crippen molar-refractivity contribution >= 4 is 11.9 Å². The van der Waals surface area contributed by atoms with Crippen LogP contribution < -0.4 is 5.32 Å². The first kappa shape index (κ1) is 21.7. The highest BCUT2D eigenvalue weighted by Crippen LogP contribution is 2.20. The first-order valence-corrected chi connectivity index (χ1v) is 10.0. The molecule has 0 aromatic heterocycles. The molecule has 1 fully saturated rings. The molecule has 146 valence electrons. The Bertz CT molecular complexity index is 401. The van der Waals surface area contributed by atoms with Crippen LogP contribution in [0.2, 0.25) is 0 Å². The summed E-state index contributed by atoms with van der Waals surface area (Å²) in [4.78, 5) is 23.4. The molecule has 0 atom stereocenters. The summed E-state index contributed by atoms with van der Waals surface area (Å²) >= 11 is 0. The minimum atomic E-state index is 0.157. The van der Waals surface area contributed by atoms with Crippen molar-refractivity contribution in [3.63, 3.8) is 0 Å². The molecule has 0 saturated carbocycles. The molecule has 6 nitrogen and oxygen atoms in total. The minimum Gasteiger partial charge on any atom is -0.357 e. The van der Waals surface area contributed by atoms with Gasteiger partial charge >= 0.3 is 0 Å². The molecule has 1 aliphatic rings. The van der Waals surface area contributed by atoms with Crippen LogP contribution >= 0.6 is 0 Å². The normalized spacial score (nSPS) is 16.8. The number of carbonyl (C=O) groups is 1. The van der Waals surface area contributed by atoms with Gasteiger partial charge in [0.25, 0.3) is 0 Å². The third kappa shape index (κ3) is 7.63. The van der Waals surface area contributed by atoms with E-state index in [1.165, 1.54) is 32.5 Å². The van der Waals surface area contributed by atoms with Gasteiger partial charge in [0, 0.05) is 33.2 Å². The number of nitrogens with one attached hydrogen (secondary N) is 1. The lowest BCUT2D eigenvalue weighted by atomic mass is 9.94. The molecule has 0 aromatic rings. The highest BCUT2D eigenvalue weighted by molar-refractivity contribution is 5.86. The Kier molecular flexibility index (Phi) is 10.5. The predicted octanol–water partition coefficient (Wildman–Crippen LogP) is 1.87. The first-order valence-electron chi connectivity index (χ1n) is 10.0. The molecule has 0 bridgehead atoms. The molecule has 6 heteroatoms. The number of amides is 1. The Morgan fingerprint density at radius 2 is 1.80 bits per heavy atom. The van der Waals surface area contributed by atoms with Gasteiger partial charge in [-0.25, -0.2) is 0 Å². The van der Waals surface area contributed by atoms with E-state index in [1.807, 2.05) is 30.7 Å². The smallest absolute Gasteiger partial charge is 0.242 e. The summed E-state index contributed by atoms with van der Waals surface area (Å²) in [5.74, 6) is 1.79. The van der Waals surface area contributed by atoms with E-state index < -0.39 is 0 Å². The summed E-state index contributed by atoms with van der Waals surface area (Å²) in [5.41, 5.74) is 0. The molecule has 0 aromatic carbocycles. The molecule has 0 unspecified atom stereocenters. The van der Waals surface area contributed by atoms with E-state index in [1.54, 1.807) is 0 Å². The van der Waals surface area contributed by atoms with Crippen molar-refractivity contribution in [3.05, 3.63) is 0 Å². The van der Waals surface area contributed by atoms with Gasteiger partial charge < -0.3 is 20.0 Å². The zero-order valence-corrected chi connectivity index (χ0v) is 17.1. The Morgan fingerprint density at radius 1 is 1.16 bits per heavy atom. The average Bonchev–Trinajstić information content (AvgIpc) is 2.62. The number of carbonyl (C=O) groups excluding carboxylic acids is 1. The van der Waals surface area contributed by atoms with E-state index in [0.717, 1.165) is 44.5 Å². The van der Waals surface area contributed by atoms with Gasteiger partial charge in [-0.05, 0) is 65.6 Å². The lowest BCUT2D eigenvalue weighted by Gasteiger charge is -2.30. The van der Waals surface area contributed by atoms with Crippen LogP contribution in [0.4, 0.5) is 0 Å². The van der Waals surface area contributed by atoms with E-state index in [4.69, 9.17) is 4.99 Å². The van der Waals surface area contributed by atoms with Crippen LogP contribution in [-0.4, -0.2) is 86.0 Å². The third-order valence-corrected chi connectivity index (χ3v) is 5.14. The van der Waals surface area contributed by atoms with E-state index in [-0.39, 0.29) is 5.91 Å². The van der Waals surface area contributed by atoms with Crippen molar-refractivity contribution in [1.82, 2.24) is 20.0 Å². The summed E-state index contributed by atoms with van der Waals surface area (Å²) in [5, 5.41) is 3.31. The summed E-state index contributed by atoms with van der Waals surface area (Å²) in [6, 6.07) is 0. The maximum Gasteiger partial charge on any atom is 0.242 e. The van der Waals surface area contributed by atoms with Crippen LogP contribution in [0, 0.1) is 5.92 Å². The average molecular weight is 354 g/mol. The van der Waals surface area contributed by atoms with Crippen molar-refractivity contribution < 1.29 is 4.79 Å². The first-order chi connectivity index (χ1) is 12.0. The van der Waals surface area contributed by atoms with E-state index in [9.17, 15) is 4.79 Å². The zero-order valence-electron chi connectivity index (χ0n) is 17.1. The quantitative estimate of drug-likeness (QED) is 0.508. The number of rotatable bonds is 9. The van der Waals surface area contributed by atoms with Gasteiger partial charge in [0.15, 0.2) is 5.96 Å². The standard InChI is InChI=1S/C19H39N5O/c1-6-20-19(22(5)16-18(25)24(8-3)9-4)21-13-10-17-11-14-23(7-2)15-12-17/h17H,6-16H2,1-5H3,(H,20,21). The minimum absolute atomic E-state index is 0.157. The summed E-state index contributed by atoms with van der Waals surface area (Å²) in [6.07, 6.45) is 3.72. The molecule has 1 saturated heterocycles. The molecule has 0 radical (unpaired) electrons. The van der Waals surface area contributed by atoms with Crippen LogP contribution in [-0.2, 0) is 4.79 Å². The number of likely N-dealkylation sites (tertiary alicyclic amines) is 1. The van der Waals surface area contributed by atoms with Gasteiger partial charge in [-0.15, -0.1) is 0 Å². The van der Waals surface area contributed by atoms with Gasteiger partial charge in [0.1, 0.15) is 0 Å². The predicted molar refractivity (Wildman–Crippen MR) is 106 cm³/mol. The lowest BCUT2D eigenvalue weighted by molar-refractivity contribution is -0.131. The number of nitrogens with zero attached hydrogens (tertiary/aromatic N) is 4. The Labute approximate surface area is 154 Å². The summed E-state index contributed by atoms with van der Waals surface area (Å²) < 4.78 is 0. The summed E-state index contributed by atoms with van der Waals surface area (Å²) in [6.45, 7) is 15.5. The van der Waals surface area contributed by atoms with Gasteiger partial charge in [0.05, 0.1) is 6.54 Å². The van der Waals surface area contributed by atoms with Crippen LogP contribution in [0.25, 0.3) is 0 Å². The van der Waals surface area contributed by atoms with E-state index >= 15 is 0 Å². The number of likely N-dealkylation sites (N-methyl/N-ethyl adjacent to an activating group) is 2. The second kappa shape index (κ2) is 12.1. The van der Waals surface area contributed by atoms with Gasteiger partial charge in [0.2, 0.25) is 5.91 Å². The maximum atomic E-state index is 12.3. The fraction of sp³-hybridized carbons (Fsp3) is 0.895. The Balaban J connectivity index is 2.48. The van der Waals surface area contributed by atoms with Crippen LogP contribution in [0.3, 0.4) is 0 Å². The van der Waals surface area contributed by atoms with Crippen LogP contribution in [0.1, 0.15) is 47.0 Å². The summed E-state index contributed by atoms with van der Waals surface area (Å²) in [7, 11) is 1.95. The fourth-order valence-corrected chi connectivity index (χ4v) is 3.37. The third-order valence-electron chi connectivity index (χ3n) is 5.14. The van der Waals surface area contributed by atoms with E-state index in [0.29, 0.717) is 6.54 Å². The van der Waals surface area contributed by atoms with Crippen molar-refractivity contribution in [2.24, 2.45) is 10.9 Å². The number of guanidine groups is 1. The van der Waals surface area contributed by atoms with Crippen molar-refractivity contribution in [2.45, 2.75) is 47.0 Å². The number of hydrogen-bond acceptors (Lipinski definition) is 3. The lowest BCUT2D eigenvalue weighted by Crippen LogP contribution is -2.45. The molecule has 1 N–H and O–H groups in total. The Morgan fingerprint density at radius 3 is 2.32 bits per heavy atom. The van der Waals surface area contributed by atoms with Crippen molar-refractivity contribution in [1.29, 1.82) is 0 Å². The molecular weight excluding hydrogens is 314 g/mol. The molecule has 1 rings (SSSR count). The molecule has 1 aliphatic heterocycles. The maximum absolute atomic E-state index is 12.3. The number of hydrogen-bond donors (Lipinski definition) is 1. The van der Waals surface area contributed by atoms with Crippen LogP contribution in [0.15, 0.2) is 4.99 Å². The van der Waals surface area contributed by atoms with Gasteiger partial charge in [-0.3, -0.25) is 9.79 Å². The van der Waals surface area contributed by atoms with Gasteiger partial charge in [-0.1, -0.05) is 6.92 Å². The molecule has 0 spiro atoms.